The van der Waals surface area contributed by atoms with Gasteiger partial charge in [-0.3, -0.25) is 4.79 Å². The molecule has 0 aliphatic heterocycles. The molecule has 0 unspecified atom stereocenters. The molecular formula is C24H20N4O4S. The first-order valence-corrected chi connectivity index (χ1v) is 11.5. The average molecular weight is 461 g/mol. The monoisotopic (exact) mass is 460 g/mol. The molecule has 2 N–H and O–H groups in total. The van der Waals surface area contributed by atoms with E-state index in [0.717, 1.165) is 5.56 Å². The van der Waals surface area contributed by atoms with Crippen LogP contribution in [0, 0.1) is 0 Å². The van der Waals surface area contributed by atoms with Gasteiger partial charge in [0.15, 0.2) is 0 Å². The predicted molar refractivity (Wildman–Crippen MR) is 124 cm³/mol. The Morgan fingerprint density at radius 3 is 2.21 bits per heavy atom. The van der Waals surface area contributed by atoms with E-state index < -0.39 is 10.0 Å². The summed E-state index contributed by atoms with van der Waals surface area (Å²) < 4.78 is 33.1. The highest BCUT2D eigenvalue weighted by Crippen LogP contribution is 2.19. The number of benzene rings is 3. The predicted octanol–water partition coefficient (Wildman–Crippen LogP) is 4.11. The number of nitrogens with zero attached hydrogens (tertiary/aromatic N) is 2. The molecule has 1 amide bonds. The molecular weight excluding hydrogens is 440 g/mol. The highest BCUT2D eigenvalue weighted by atomic mass is 32.2. The summed E-state index contributed by atoms with van der Waals surface area (Å²) in [4.78, 5) is 20.6. The van der Waals surface area contributed by atoms with Gasteiger partial charge in [-0.1, -0.05) is 36.4 Å². The largest absolute Gasteiger partial charge is 0.489 e. The van der Waals surface area contributed by atoms with Gasteiger partial charge in [0.25, 0.3) is 15.9 Å². The van der Waals surface area contributed by atoms with Crippen LogP contribution in [0.3, 0.4) is 0 Å². The fraction of sp³-hybridized carbons (Fsp3) is 0.0417. The molecule has 0 radical (unpaired) electrons. The number of nitrogens with one attached hydrogen (secondary N) is 2. The van der Waals surface area contributed by atoms with Gasteiger partial charge < -0.3 is 10.1 Å². The van der Waals surface area contributed by atoms with Crippen LogP contribution in [0.4, 0.5) is 11.6 Å². The topological polar surface area (TPSA) is 110 Å². The quantitative estimate of drug-likeness (QED) is 0.409. The van der Waals surface area contributed by atoms with Crippen molar-refractivity contribution in [2.75, 3.05) is 10.0 Å². The number of hydrogen-bond donors (Lipinski definition) is 2. The Morgan fingerprint density at radius 2 is 1.48 bits per heavy atom. The summed E-state index contributed by atoms with van der Waals surface area (Å²) in [5.74, 6) is 0.358. The minimum absolute atomic E-state index is 0.0182. The smallest absolute Gasteiger partial charge is 0.264 e. The van der Waals surface area contributed by atoms with Crippen molar-refractivity contribution < 1.29 is 17.9 Å². The third kappa shape index (κ3) is 5.72. The number of amides is 1. The number of ether oxygens (including phenoxy) is 1. The van der Waals surface area contributed by atoms with Gasteiger partial charge >= 0.3 is 0 Å². The summed E-state index contributed by atoms with van der Waals surface area (Å²) in [5.41, 5.74) is 1.65. The molecule has 0 bridgehead atoms. The number of anilines is 2. The van der Waals surface area contributed by atoms with Crippen molar-refractivity contribution in [3.8, 4) is 5.75 Å². The molecule has 0 aliphatic rings. The van der Waals surface area contributed by atoms with Gasteiger partial charge in [0, 0.05) is 29.2 Å². The van der Waals surface area contributed by atoms with Gasteiger partial charge in [-0.15, -0.1) is 0 Å². The molecule has 0 saturated carbocycles. The Hall–Kier alpha value is -4.24. The highest BCUT2D eigenvalue weighted by Gasteiger charge is 2.16. The maximum atomic E-state index is 12.9. The Balaban J connectivity index is 1.44. The third-order valence-corrected chi connectivity index (χ3v) is 5.96. The number of hydrogen-bond acceptors (Lipinski definition) is 6. The SMILES string of the molecule is O=C(Nc1ccc(S(=O)(=O)Nc2ncccn2)cc1)c1ccccc1COc1ccccc1. The summed E-state index contributed by atoms with van der Waals surface area (Å²) in [5, 5.41) is 2.79. The summed E-state index contributed by atoms with van der Waals surface area (Å²) in [7, 11) is -3.86. The molecule has 9 heteroatoms. The first-order valence-electron chi connectivity index (χ1n) is 9.98. The maximum Gasteiger partial charge on any atom is 0.264 e. The van der Waals surface area contributed by atoms with Crippen molar-refractivity contribution in [2.45, 2.75) is 11.5 Å². The van der Waals surface area contributed by atoms with Crippen molar-refractivity contribution in [3.05, 3.63) is 108 Å². The second-order valence-corrected chi connectivity index (χ2v) is 8.60. The van der Waals surface area contributed by atoms with Crippen molar-refractivity contribution in [3.63, 3.8) is 0 Å². The van der Waals surface area contributed by atoms with Gasteiger partial charge in [0.2, 0.25) is 5.95 Å². The van der Waals surface area contributed by atoms with E-state index in [-0.39, 0.29) is 23.4 Å². The van der Waals surface area contributed by atoms with Gasteiger partial charge in [-0.25, -0.2) is 23.1 Å². The van der Waals surface area contributed by atoms with Gasteiger partial charge in [0.05, 0.1) is 4.90 Å². The molecule has 3 aromatic carbocycles. The second-order valence-electron chi connectivity index (χ2n) is 6.92. The van der Waals surface area contributed by atoms with Gasteiger partial charge in [-0.2, -0.15) is 0 Å². The Kier molecular flexibility index (Phi) is 6.61. The Bertz CT molecular complexity index is 1330. The number of rotatable bonds is 8. The zero-order chi connectivity index (χ0) is 23.1. The van der Waals surface area contributed by atoms with Crippen LogP contribution in [0.2, 0.25) is 0 Å². The van der Waals surface area contributed by atoms with Gasteiger partial charge in [0.1, 0.15) is 12.4 Å². The lowest BCUT2D eigenvalue weighted by molar-refractivity contribution is 0.102. The second kappa shape index (κ2) is 9.92. The number of carbonyl (C=O) groups excluding carboxylic acids is 1. The van der Waals surface area contributed by atoms with E-state index in [0.29, 0.717) is 17.0 Å². The molecule has 0 aliphatic carbocycles. The molecule has 1 aromatic heterocycles. The van der Waals surface area contributed by atoms with Crippen LogP contribution in [-0.4, -0.2) is 24.3 Å². The van der Waals surface area contributed by atoms with E-state index in [1.165, 1.54) is 36.7 Å². The number of sulfonamides is 1. The first-order chi connectivity index (χ1) is 16.0. The summed E-state index contributed by atoms with van der Waals surface area (Å²) in [6.45, 7) is 0.234. The molecule has 0 saturated heterocycles. The molecule has 4 rings (SSSR count). The summed E-state index contributed by atoms with van der Waals surface area (Å²) in [6.07, 6.45) is 2.87. The molecule has 0 spiro atoms. The number of aromatic nitrogens is 2. The molecule has 166 valence electrons. The lowest BCUT2D eigenvalue weighted by atomic mass is 10.1. The first kappa shape index (κ1) is 22.0. The van der Waals surface area contributed by atoms with Crippen LogP contribution in [0.15, 0.2) is 102 Å². The lowest BCUT2D eigenvalue weighted by Crippen LogP contribution is -2.16. The standard InChI is InChI=1S/C24H20N4O4S/c29-23(22-10-5-4-7-18(22)17-32-20-8-2-1-3-9-20)27-19-11-13-21(14-12-19)33(30,31)28-24-25-15-6-16-26-24/h1-16H,17H2,(H,27,29)(H,25,26,28). The summed E-state index contributed by atoms with van der Waals surface area (Å²) >= 11 is 0. The lowest BCUT2D eigenvalue weighted by Gasteiger charge is -2.12. The average Bonchev–Trinajstić information content (AvgIpc) is 2.84. The number of para-hydroxylation sites is 1. The van der Waals surface area contributed by atoms with Crippen molar-refractivity contribution in [1.29, 1.82) is 0 Å². The van der Waals surface area contributed by atoms with E-state index in [4.69, 9.17) is 4.74 Å². The Labute approximate surface area is 191 Å². The van der Waals surface area contributed by atoms with Crippen molar-refractivity contribution in [2.24, 2.45) is 0 Å². The number of carbonyl (C=O) groups is 1. The molecule has 8 nitrogen and oxygen atoms in total. The minimum atomic E-state index is -3.86. The van der Waals surface area contributed by atoms with Crippen LogP contribution < -0.4 is 14.8 Å². The van der Waals surface area contributed by atoms with Crippen LogP contribution >= 0.6 is 0 Å². The maximum absolute atomic E-state index is 12.9. The highest BCUT2D eigenvalue weighted by molar-refractivity contribution is 7.92. The van der Waals surface area contributed by atoms with Crippen molar-refractivity contribution in [1.82, 2.24) is 9.97 Å². The molecule has 4 aromatic rings. The molecule has 33 heavy (non-hydrogen) atoms. The fourth-order valence-corrected chi connectivity index (χ4v) is 3.95. The molecule has 0 fully saturated rings. The van der Waals surface area contributed by atoms with E-state index in [2.05, 4.69) is 20.0 Å². The van der Waals surface area contributed by atoms with E-state index in [1.807, 2.05) is 42.5 Å². The zero-order valence-corrected chi connectivity index (χ0v) is 18.2. The van der Waals surface area contributed by atoms with Gasteiger partial charge in [-0.05, 0) is 48.5 Å². The van der Waals surface area contributed by atoms with Crippen LogP contribution in [0.5, 0.6) is 5.75 Å². The van der Waals surface area contributed by atoms with Crippen molar-refractivity contribution >= 4 is 27.6 Å². The minimum Gasteiger partial charge on any atom is -0.489 e. The zero-order valence-electron chi connectivity index (χ0n) is 17.4. The van der Waals surface area contributed by atoms with E-state index >= 15 is 0 Å². The molecule has 0 atom stereocenters. The Morgan fingerprint density at radius 1 is 0.818 bits per heavy atom. The van der Waals surface area contributed by atoms with Crippen LogP contribution in [-0.2, 0) is 16.6 Å². The van der Waals surface area contributed by atoms with Crippen LogP contribution in [0.25, 0.3) is 0 Å². The van der Waals surface area contributed by atoms with E-state index in [9.17, 15) is 13.2 Å². The third-order valence-electron chi connectivity index (χ3n) is 4.61. The fourth-order valence-electron chi connectivity index (χ4n) is 2.99. The molecule has 1 heterocycles. The van der Waals surface area contributed by atoms with E-state index in [1.54, 1.807) is 18.2 Å². The normalized spacial score (nSPS) is 10.9. The van der Waals surface area contributed by atoms with Crippen LogP contribution in [0.1, 0.15) is 15.9 Å². The summed E-state index contributed by atoms with van der Waals surface area (Å²) in [6, 6.07) is 23.9.